The van der Waals surface area contributed by atoms with Gasteiger partial charge in [-0.25, -0.2) is 0 Å². The zero-order valence-electron chi connectivity index (χ0n) is 6.12. The number of carbonyl (C=O) groups excluding carboxylic acids is 1. The smallest absolute Gasteiger partial charge is 0.271 e. The first-order valence-electron chi connectivity index (χ1n) is 3.03. The molecule has 4 heteroatoms. The van der Waals surface area contributed by atoms with Crippen molar-refractivity contribution in [3.63, 3.8) is 0 Å². The van der Waals surface area contributed by atoms with Crippen molar-refractivity contribution in [3.8, 4) is 0 Å². The molecular formula is C7H9IN2O. The SMILES string of the molecule is CC(=O)N[n+]1ccccc1.[I-]. The van der Waals surface area contributed by atoms with Gasteiger partial charge in [-0.05, 0) is 0 Å². The molecule has 0 bridgehead atoms. The first-order valence-corrected chi connectivity index (χ1v) is 3.03. The summed E-state index contributed by atoms with van der Waals surface area (Å²) >= 11 is 0. The Hall–Kier alpha value is -0.650. The van der Waals surface area contributed by atoms with Crippen molar-refractivity contribution in [1.29, 1.82) is 0 Å². The number of carbonyl (C=O) groups is 1. The molecule has 11 heavy (non-hydrogen) atoms. The third-order valence-corrected chi connectivity index (χ3v) is 1.00. The average molecular weight is 264 g/mol. The van der Waals surface area contributed by atoms with E-state index in [9.17, 15) is 4.79 Å². The fourth-order valence-corrected chi connectivity index (χ4v) is 0.655. The third-order valence-electron chi connectivity index (χ3n) is 1.00. The van der Waals surface area contributed by atoms with Gasteiger partial charge in [0.2, 0.25) is 0 Å². The number of aromatic nitrogens is 1. The molecule has 3 nitrogen and oxygen atoms in total. The van der Waals surface area contributed by atoms with Gasteiger partial charge in [0.05, 0.1) is 0 Å². The molecular weight excluding hydrogens is 255 g/mol. The van der Waals surface area contributed by atoms with E-state index < -0.39 is 0 Å². The first-order chi connectivity index (χ1) is 4.79. The molecule has 0 aliphatic carbocycles. The van der Waals surface area contributed by atoms with Crippen molar-refractivity contribution in [2.75, 3.05) is 5.43 Å². The van der Waals surface area contributed by atoms with Crippen LogP contribution in [0.5, 0.6) is 0 Å². The average Bonchev–Trinajstić information content (AvgIpc) is 1.88. The molecule has 0 saturated heterocycles. The predicted octanol–water partition coefficient (Wildman–Crippen LogP) is -2.93. The molecule has 0 radical (unpaired) electrons. The van der Waals surface area contributed by atoms with Crippen molar-refractivity contribution in [1.82, 2.24) is 0 Å². The van der Waals surface area contributed by atoms with E-state index in [-0.39, 0.29) is 29.9 Å². The summed E-state index contributed by atoms with van der Waals surface area (Å²) in [6.45, 7) is 1.47. The molecule has 1 rings (SSSR count). The van der Waals surface area contributed by atoms with Gasteiger partial charge in [0.25, 0.3) is 5.91 Å². The number of nitrogens with one attached hydrogen (secondary N) is 1. The van der Waals surface area contributed by atoms with E-state index in [0.717, 1.165) is 0 Å². The van der Waals surface area contributed by atoms with E-state index in [2.05, 4.69) is 5.43 Å². The van der Waals surface area contributed by atoms with Crippen LogP contribution in [0.25, 0.3) is 0 Å². The molecule has 60 valence electrons. The summed E-state index contributed by atoms with van der Waals surface area (Å²) in [4.78, 5) is 10.5. The van der Waals surface area contributed by atoms with Gasteiger partial charge in [0.15, 0.2) is 12.4 Å². The number of pyridine rings is 1. The van der Waals surface area contributed by atoms with Gasteiger partial charge >= 0.3 is 0 Å². The summed E-state index contributed by atoms with van der Waals surface area (Å²) in [5.41, 5.74) is 2.58. The van der Waals surface area contributed by atoms with E-state index >= 15 is 0 Å². The van der Waals surface area contributed by atoms with E-state index in [1.165, 1.54) is 6.92 Å². The molecule has 1 heterocycles. The fraction of sp³-hybridized carbons (Fsp3) is 0.143. The Morgan fingerprint density at radius 1 is 1.27 bits per heavy atom. The highest BCUT2D eigenvalue weighted by molar-refractivity contribution is 5.79. The van der Waals surface area contributed by atoms with Crippen LogP contribution in [0, 0.1) is 0 Å². The lowest BCUT2D eigenvalue weighted by atomic mass is 10.5. The van der Waals surface area contributed by atoms with Crippen LogP contribution in [0.15, 0.2) is 30.6 Å². The summed E-state index contributed by atoms with van der Waals surface area (Å²) in [6.07, 6.45) is 3.53. The van der Waals surface area contributed by atoms with Crippen LogP contribution in [0.1, 0.15) is 6.92 Å². The van der Waals surface area contributed by atoms with Crippen LogP contribution in [0.4, 0.5) is 0 Å². The van der Waals surface area contributed by atoms with Crippen LogP contribution < -0.4 is 34.1 Å². The highest BCUT2D eigenvalue weighted by Crippen LogP contribution is 1.73. The van der Waals surface area contributed by atoms with Crippen LogP contribution in [0.3, 0.4) is 0 Å². The van der Waals surface area contributed by atoms with Gasteiger partial charge in [0, 0.05) is 19.1 Å². The number of hydrogen-bond acceptors (Lipinski definition) is 1. The molecule has 1 N–H and O–H groups in total. The van der Waals surface area contributed by atoms with Gasteiger partial charge in [-0.3, -0.25) is 4.79 Å². The third kappa shape index (κ3) is 3.92. The molecule has 1 amide bonds. The summed E-state index contributed by atoms with van der Waals surface area (Å²) in [6, 6.07) is 5.57. The topological polar surface area (TPSA) is 33.0 Å². The Bertz CT molecular complexity index is 225. The van der Waals surface area contributed by atoms with Gasteiger partial charge in [0.1, 0.15) is 0 Å². The van der Waals surface area contributed by atoms with Crippen molar-refractivity contribution >= 4 is 5.91 Å². The normalized spacial score (nSPS) is 8.09. The van der Waals surface area contributed by atoms with E-state index in [1.807, 2.05) is 18.2 Å². The van der Waals surface area contributed by atoms with Crippen LogP contribution in [-0.2, 0) is 4.79 Å². The Kier molecular flexibility index (Phi) is 4.76. The molecule has 0 aromatic carbocycles. The Morgan fingerprint density at radius 2 is 1.82 bits per heavy atom. The van der Waals surface area contributed by atoms with Crippen molar-refractivity contribution in [2.24, 2.45) is 0 Å². The highest BCUT2D eigenvalue weighted by atomic mass is 127. The minimum Gasteiger partial charge on any atom is -1.00 e. The van der Waals surface area contributed by atoms with Gasteiger partial charge in [-0.15, -0.1) is 5.43 Å². The molecule has 1 aromatic rings. The zero-order chi connectivity index (χ0) is 7.40. The van der Waals surface area contributed by atoms with E-state index in [1.54, 1.807) is 17.1 Å². The minimum absolute atomic E-state index is 0. The van der Waals surface area contributed by atoms with Crippen LogP contribution >= 0.6 is 0 Å². The van der Waals surface area contributed by atoms with Gasteiger partial charge in [-0.1, -0.05) is 10.7 Å². The Morgan fingerprint density at radius 3 is 2.27 bits per heavy atom. The summed E-state index contributed by atoms with van der Waals surface area (Å²) in [7, 11) is 0. The largest absolute Gasteiger partial charge is 1.00 e. The molecule has 1 aromatic heterocycles. The number of amides is 1. The monoisotopic (exact) mass is 264 g/mol. The lowest BCUT2D eigenvalue weighted by molar-refractivity contribution is -0.642. The maximum absolute atomic E-state index is 10.5. The number of rotatable bonds is 1. The second-order valence-corrected chi connectivity index (χ2v) is 1.95. The highest BCUT2D eigenvalue weighted by Gasteiger charge is 1.96. The molecule has 0 saturated carbocycles. The maximum Gasteiger partial charge on any atom is 0.271 e. The minimum atomic E-state index is -0.0730. The van der Waals surface area contributed by atoms with Gasteiger partial charge < -0.3 is 24.0 Å². The fourth-order valence-electron chi connectivity index (χ4n) is 0.655. The van der Waals surface area contributed by atoms with E-state index in [4.69, 9.17) is 0 Å². The molecule has 0 aliphatic heterocycles. The van der Waals surface area contributed by atoms with E-state index in [0.29, 0.717) is 0 Å². The molecule has 0 fully saturated rings. The second-order valence-electron chi connectivity index (χ2n) is 1.95. The molecule has 0 atom stereocenters. The van der Waals surface area contributed by atoms with Crippen molar-refractivity contribution in [2.45, 2.75) is 6.92 Å². The first kappa shape index (κ1) is 10.3. The van der Waals surface area contributed by atoms with Gasteiger partial charge in [-0.2, -0.15) is 0 Å². The maximum atomic E-state index is 10.5. The summed E-state index contributed by atoms with van der Waals surface area (Å²) in [5.74, 6) is -0.0730. The summed E-state index contributed by atoms with van der Waals surface area (Å²) in [5, 5.41) is 0. The number of hydrogen-bond donors (Lipinski definition) is 1. The van der Waals surface area contributed by atoms with Crippen molar-refractivity contribution in [3.05, 3.63) is 30.6 Å². The summed E-state index contributed by atoms with van der Waals surface area (Å²) < 4.78 is 1.60. The number of halogens is 1. The second kappa shape index (κ2) is 5.06. The van der Waals surface area contributed by atoms with Crippen LogP contribution in [-0.4, -0.2) is 5.91 Å². The van der Waals surface area contributed by atoms with Crippen molar-refractivity contribution < 1.29 is 33.4 Å². The Labute approximate surface area is 82.4 Å². The lowest BCUT2D eigenvalue weighted by Gasteiger charge is -1.90. The Balaban J connectivity index is 0.000001000. The molecule has 0 spiro atoms. The molecule has 0 aliphatic rings. The number of nitrogens with zero attached hydrogens (tertiary/aromatic N) is 1. The quantitative estimate of drug-likeness (QED) is 0.427. The lowest BCUT2D eigenvalue weighted by Crippen LogP contribution is -3.00. The predicted molar refractivity (Wildman–Crippen MR) is 36.7 cm³/mol. The molecule has 0 unspecified atom stereocenters. The standard InChI is InChI=1S/C7H8N2O.HI/c1-7(10)8-9-5-3-2-4-6-9;/h2-6H,1H3;1H. The van der Waals surface area contributed by atoms with Crippen LogP contribution in [0.2, 0.25) is 0 Å². The zero-order valence-corrected chi connectivity index (χ0v) is 8.28.